The molecule has 9 rings (SSSR count). The van der Waals surface area contributed by atoms with Crippen molar-refractivity contribution in [2.75, 3.05) is 0 Å². The van der Waals surface area contributed by atoms with Crippen molar-refractivity contribution in [2.45, 2.75) is 44.7 Å². The minimum atomic E-state index is -0.625. The lowest BCUT2D eigenvalue weighted by molar-refractivity contribution is 0.0579. The molecule has 2 aliphatic heterocycles. The Morgan fingerprint density at radius 2 is 1.02 bits per heavy atom. The van der Waals surface area contributed by atoms with Gasteiger partial charge >= 0.3 is 0 Å². The van der Waals surface area contributed by atoms with Crippen LogP contribution in [0.25, 0.3) is 21.8 Å². The molecular weight excluding hydrogens is 686 g/mol. The van der Waals surface area contributed by atoms with Crippen LogP contribution < -0.4 is 0 Å². The molecule has 52 heavy (non-hydrogen) atoms. The van der Waals surface area contributed by atoms with Gasteiger partial charge in [0.1, 0.15) is 11.6 Å². The Hall–Kier alpha value is -5.87. The summed E-state index contributed by atoms with van der Waals surface area (Å²) in [5, 5.41) is 1.51. The summed E-state index contributed by atoms with van der Waals surface area (Å²) in [6.45, 7) is 3.55. The zero-order valence-corrected chi connectivity index (χ0v) is 28.7. The van der Waals surface area contributed by atoms with E-state index in [-0.39, 0.29) is 34.5 Å². The third-order valence-electron chi connectivity index (χ3n) is 10.0. The number of rotatable bonds is 5. The summed E-state index contributed by atoms with van der Waals surface area (Å²) < 4.78 is 27.4. The van der Waals surface area contributed by atoms with Crippen LogP contribution in [0.15, 0.2) is 97.3 Å². The lowest BCUT2D eigenvalue weighted by atomic mass is 9.94. The Labute approximate surface area is 301 Å². The van der Waals surface area contributed by atoms with E-state index in [0.717, 1.165) is 34.9 Å². The Bertz CT molecular complexity index is 2450. The molecule has 2 unspecified atom stereocenters. The van der Waals surface area contributed by atoms with Gasteiger partial charge in [0, 0.05) is 28.7 Å². The van der Waals surface area contributed by atoms with E-state index in [1.165, 1.54) is 46.3 Å². The maximum atomic E-state index is 13.9. The lowest BCUT2D eigenvalue weighted by Gasteiger charge is -2.25. The van der Waals surface area contributed by atoms with Crippen molar-refractivity contribution in [2.24, 2.45) is 0 Å². The van der Waals surface area contributed by atoms with Gasteiger partial charge in [0.2, 0.25) is 0 Å². The fourth-order valence-corrected chi connectivity index (χ4v) is 7.56. The van der Waals surface area contributed by atoms with Crippen molar-refractivity contribution >= 4 is 57.0 Å². The fraction of sp³-hybridized carbons (Fsp3) is 0.171. The van der Waals surface area contributed by atoms with Gasteiger partial charge in [-0.3, -0.25) is 38.9 Å². The molecule has 4 aromatic carbocycles. The first kappa shape index (κ1) is 33.3. The highest BCUT2D eigenvalue weighted by molar-refractivity contribution is 6.36. The van der Waals surface area contributed by atoms with Crippen LogP contribution in [0.5, 0.6) is 0 Å². The standard InChI is InChI=1S/C22H17FN2O2.C19H12ClFN2O2/c1-12(25-21(26)15-4-2-3-5-16(15)22(25)27)18-11-24-19-9-8-14(23)10-17(19)20(18)13-6-7-13;1-10(23-18(24)12-4-2-3-5-13(12)19(23)25)15-9-22-16-7-6-11(21)8-14(16)17(15)20/h2-5,8-13H,6-7H2,1H3;2-10H,1H3. The monoisotopic (exact) mass is 714 g/mol. The number of benzene rings is 4. The van der Waals surface area contributed by atoms with Crippen molar-refractivity contribution in [3.63, 3.8) is 0 Å². The first-order valence-corrected chi connectivity index (χ1v) is 17.2. The molecule has 2 aromatic heterocycles. The van der Waals surface area contributed by atoms with Crippen molar-refractivity contribution in [1.82, 2.24) is 19.8 Å². The highest BCUT2D eigenvalue weighted by Gasteiger charge is 2.41. The van der Waals surface area contributed by atoms with Crippen LogP contribution in [0.1, 0.15) is 103 Å². The lowest BCUT2D eigenvalue weighted by Crippen LogP contribution is -2.33. The molecule has 6 aromatic rings. The number of carbonyl (C=O) groups is 4. The normalized spacial score (nSPS) is 16.2. The topological polar surface area (TPSA) is 101 Å². The molecule has 0 radical (unpaired) electrons. The molecule has 1 saturated carbocycles. The molecule has 258 valence electrons. The first-order chi connectivity index (χ1) is 25.0. The number of halogens is 3. The SMILES string of the molecule is CC(c1cnc2ccc(F)cc2c1C1CC1)N1C(=O)c2ccccc2C1=O.CC(c1cnc2ccc(F)cc2c1Cl)N1C(=O)c2ccccc2C1=O. The molecule has 11 heteroatoms. The van der Waals surface area contributed by atoms with E-state index in [1.807, 2.05) is 6.92 Å². The van der Waals surface area contributed by atoms with Crippen LogP contribution in [0.4, 0.5) is 8.78 Å². The average Bonchev–Trinajstić information content (AvgIpc) is 3.92. The molecule has 4 amide bonds. The molecule has 0 spiro atoms. The second-order valence-electron chi connectivity index (χ2n) is 13.2. The van der Waals surface area contributed by atoms with Crippen LogP contribution in [-0.4, -0.2) is 43.4 Å². The Morgan fingerprint density at radius 3 is 1.48 bits per heavy atom. The van der Waals surface area contributed by atoms with Crippen molar-refractivity contribution in [1.29, 1.82) is 0 Å². The van der Waals surface area contributed by atoms with E-state index in [4.69, 9.17) is 11.6 Å². The van der Waals surface area contributed by atoms with Gasteiger partial charge in [-0.05, 0) is 104 Å². The minimum absolute atomic E-state index is 0.286. The maximum absolute atomic E-state index is 13.9. The maximum Gasteiger partial charge on any atom is 0.262 e. The first-order valence-electron chi connectivity index (χ1n) is 16.8. The third kappa shape index (κ3) is 5.41. The largest absolute Gasteiger partial charge is 0.269 e. The Kier molecular flexibility index (Phi) is 8.14. The van der Waals surface area contributed by atoms with E-state index >= 15 is 0 Å². The Balaban J connectivity index is 0.000000149. The number of amides is 4. The zero-order chi connectivity index (χ0) is 36.4. The number of aromatic nitrogens is 2. The number of hydrogen-bond acceptors (Lipinski definition) is 6. The summed E-state index contributed by atoms with van der Waals surface area (Å²) in [7, 11) is 0. The van der Waals surface area contributed by atoms with Gasteiger partial charge in [0.25, 0.3) is 23.6 Å². The third-order valence-corrected chi connectivity index (χ3v) is 10.4. The summed E-state index contributed by atoms with van der Waals surface area (Å²) in [6.07, 6.45) is 5.31. The van der Waals surface area contributed by atoms with Crippen LogP contribution in [-0.2, 0) is 0 Å². The molecule has 2 atom stereocenters. The predicted molar refractivity (Wildman–Crippen MR) is 191 cm³/mol. The van der Waals surface area contributed by atoms with E-state index in [9.17, 15) is 28.0 Å². The second kappa shape index (κ2) is 12.7. The summed E-state index contributed by atoms with van der Waals surface area (Å²) >= 11 is 6.44. The van der Waals surface area contributed by atoms with Crippen LogP contribution in [0.3, 0.4) is 0 Å². The van der Waals surface area contributed by atoms with Crippen LogP contribution in [0.2, 0.25) is 5.02 Å². The number of imide groups is 2. The molecule has 0 saturated heterocycles. The molecule has 8 nitrogen and oxygen atoms in total. The number of carbonyl (C=O) groups excluding carboxylic acids is 4. The smallest absolute Gasteiger partial charge is 0.262 e. The van der Waals surface area contributed by atoms with Gasteiger partial charge in [0.15, 0.2) is 0 Å². The van der Waals surface area contributed by atoms with Crippen LogP contribution >= 0.6 is 11.6 Å². The van der Waals surface area contributed by atoms with Crippen molar-refractivity contribution in [3.8, 4) is 0 Å². The highest BCUT2D eigenvalue weighted by Crippen LogP contribution is 2.47. The molecule has 4 heterocycles. The summed E-state index contributed by atoms with van der Waals surface area (Å²) in [4.78, 5) is 62.2. The summed E-state index contributed by atoms with van der Waals surface area (Å²) in [5.41, 5.74) is 5.22. The van der Waals surface area contributed by atoms with Gasteiger partial charge in [-0.2, -0.15) is 0 Å². The molecule has 0 bridgehead atoms. The van der Waals surface area contributed by atoms with Gasteiger partial charge in [0.05, 0.1) is 50.4 Å². The van der Waals surface area contributed by atoms with E-state index in [1.54, 1.807) is 67.7 Å². The van der Waals surface area contributed by atoms with Crippen molar-refractivity contribution in [3.05, 3.63) is 153 Å². The number of fused-ring (bicyclic) bond motifs is 4. The average molecular weight is 715 g/mol. The summed E-state index contributed by atoms with van der Waals surface area (Å²) in [6, 6.07) is 21.2. The number of pyridine rings is 2. The van der Waals surface area contributed by atoms with E-state index in [0.29, 0.717) is 44.6 Å². The van der Waals surface area contributed by atoms with E-state index < -0.39 is 17.9 Å². The number of hydrogen-bond donors (Lipinski definition) is 0. The van der Waals surface area contributed by atoms with Gasteiger partial charge in [-0.25, -0.2) is 8.78 Å². The molecule has 1 fully saturated rings. The van der Waals surface area contributed by atoms with E-state index in [2.05, 4.69) is 9.97 Å². The highest BCUT2D eigenvalue weighted by atomic mass is 35.5. The Morgan fingerprint density at radius 1 is 0.615 bits per heavy atom. The summed E-state index contributed by atoms with van der Waals surface area (Å²) in [5.74, 6) is -1.73. The van der Waals surface area contributed by atoms with Crippen LogP contribution in [0, 0.1) is 11.6 Å². The van der Waals surface area contributed by atoms with Gasteiger partial charge < -0.3 is 0 Å². The van der Waals surface area contributed by atoms with Gasteiger partial charge in [-0.1, -0.05) is 35.9 Å². The molecular formula is C41H29ClF2N4O4. The molecule has 1 aliphatic carbocycles. The fourth-order valence-electron chi connectivity index (χ4n) is 7.20. The quantitative estimate of drug-likeness (QED) is 0.165. The zero-order valence-electron chi connectivity index (χ0n) is 27.9. The minimum Gasteiger partial charge on any atom is -0.269 e. The molecule has 0 N–H and O–H groups in total. The second-order valence-corrected chi connectivity index (χ2v) is 13.5. The van der Waals surface area contributed by atoms with Gasteiger partial charge in [-0.15, -0.1) is 0 Å². The van der Waals surface area contributed by atoms with Crippen molar-refractivity contribution < 1.29 is 28.0 Å². The molecule has 3 aliphatic rings. The number of nitrogens with zero attached hydrogens (tertiary/aromatic N) is 4. The predicted octanol–water partition coefficient (Wildman–Crippen LogP) is 8.99.